The molecule has 1 amide bonds. The number of ether oxygens (including phenoxy) is 1. The van der Waals surface area contributed by atoms with Crippen molar-refractivity contribution >= 4 is 22.4 Å². The van der Waals surface area contributed by atoms with Gasteiger partial charge in [-0.15, -0.1) is 0 Å². The van der Waals surface area contributed by atoms with Crippen molar-refractivity contribution < 1.29 is 9.53 Å². The molecule has 0 radical (unpaired) electrons. The second-order valence-electron chi connectivity index (χ2n) is 4.81. The van der Waals surface area contributed by atoms with Crippen LogP contribution >= 0.6 is 11.3 Å². The highest BCUT2D eigenvalue weighted by molar-refractivity contribution is 7.15. The molecule has 0 aromatic carbocycles. The van der Waals surface area contributed by atoms with E-state index in [1.54, 1.807) is 0 Å². The van der Waals surface area contributed by atoms with E-state index in [1.807, 2.05) is 0 Å². The number of fused-ring (bicyclic) bond motifs is 1. The summed E-state index contributed by atoms with van der Waals surface area (Å²) in [5.74, 6) is 0.782. The normalized spacial score (nSPS) is 18.4. The number of rotatable bonds is 5. The van der Waals surface area contributed by atoms with E-state index in [1.165, 1.54) is 24.2 Å². The van der Waals surface area contributed by atoms with E-state index in [0.29, 0.717) is 18.3 Å². The first-order chi connectivity index (χ1) is 8.81. The van der Waals surface area contributed by atoms with Crippen LogP contribution in [0.4, 0.5) is 5.13 Å². The molecule has 0 unspecified atom stereocenters. The number of thiazole rings is 1. The van der Waals surface area contributed by atoms with Crippen LogP contribution in [0.1, 0.15) is 23.4 Å². The van der Waals surface area contributed by atoms with E-state index in [0.717, 1.165) is 36.1 Å². The van der Waals surface area contributed by atoms with Crippen LogP contribution in [0.3, 0.4) is 0 Å². The van der Waals surface area contributed by atoms with Crippen LogP contribution in [0.15, 0.2) is 0 Å². The summed E-state index contributed by atoms with van der Waals surface area (Å²) in [6.07, 6.45) is 3.45. The molecule has 0 atom stereocenters. The highest BCUT2D eigenvalue weighted by atomic mass is 32.1. The molecule has 0 saturated heterocycles. The van der Waals surface area contributed by atoms with Gasteiger partial charge in [-0.2, -0.15) is 0 Å². The Bertz CT molecular complexity index is 419. The molecule has 2 heterocycles. The first kappa shape index (κ1) is 12.1. The Balaban J connectivity index is 1.48. The monoisotopic (exact) mass is 267 g/mol. The van der Waals surface area contributed by atoms with Crippen LogP contribution in [-0.4, -0.2) is 30.6 Å². The lowest BCUT2D eigenvalue weighted by Crippen LogP contribution is -2.29. The number of nitrogens with zero attached hydrogens (tertiary/aromatic N) is 1. The third-order valence-electron chi connectivity index (χ3n) is 3.16. The number of nitrogens with one attached hydrogen (secondary N) is 2. The summed E-state index contributed by atoms with van der Waals surface area (Å²) in [6.45, 7) is 2.68. The summed E-state index contributed by atoms with van der Waals surface area (Å²) >= 11 is 1.52. The predicted octanol–water partition coefficient (Wildman–Crippen LogP) is 1.15. The lowest BCUT2D eigenvalue weighted by molar-refractivity contribution is -0.115. The van der Waals surface area contributed by atoms with E-state index < -0.39 is 0 Å². The Kier molecular flexibility index (Phi) is 3.58. The highest BCUT2D eigenvalue weighted by Crippen LogP contribution is 2.28. The zero-order chi connectivity index (χ0) is 12.4. The molecule has 3 rings (SSSR count). The van der Waals surface area contributed by atoms with Gasteiger partial charge in [-0.1, -0.05) is 11.3 Å². The smallest absolute Gasteiger partial charge is 0.240 e. The first-order valence-corrected chi connectivity index (χ1v) is 7.20. The summed E-state index contributed by atoms with van der Waals surface area (Å²) in [4.78, 5) is 17.3. The molecular formula is C12H17N3O2S. The van der Waals surface area contributed by atoms with E-state index in [-0.39, 0.29) is 5.91 Å². The predicted molar refractivity (Wildman–Crippen MR) is 69.7 cm³/mol. The minimum Gasteiger partial charge on any atom is -0.375 e. The third kappa shape index (κ3) is 3.07. The zero-order valence-electron chi connectivity index (χ0n) is 10.2. The van der Waals surface area contributed by atoms with Crippen molar-refractivity contribution in [2.24, 2.45) is 5.92 Å². The molecule has 2 aliphatic rings. The molecule has 98 valence electrons. The van der Waals surface area contributed by atoms with Crippen molar-refractivity contribution in [2.75, 3.05) is 25.0 Å². The van der Waals surface area contributed by atoms with Gasteiger partial charge in [0.2, 0.25) is 5.91 Å². The van der Waals surface area contributed by atoms with Gasteiger partial charge in [0.25, 0.3) is 0 Å². The van der Waals surface area contributed by atoms with E-state index in [4.69, 9.17) is 4.74 Å². The largest absolute Gasteiger partial charge is 0.375 e. The fourth-order valence-corrected chi connectivity index (χ4v) is 2.92. The number of hydrogen-bond acceptors (Lipinski definition) is 5. The summed E-state index contributed by atoms with van der Waals surface area (Å²) in [6, 6.07) is 0. The molecule has 18 heavy (non-hydrogen) atoms. The van der Waals surface area contributed by atoms with Gasteiger partial charge in [0.05, 0.1) is 30.3 Å². The molecule has 0 bridgehead atoms. The number of carbonyl (C=O) groups is 1. The number of carbonyl (C=O) groups excluding carboxylic acids is 1. The van der Waals surface area contributed by atoms with Gasteiger partial charge < -0.3 is 15.4 Å². The fourth-order valence-electron chi connectivity index (χ4n) is 1.95. The Hall–Kier alpha value is -0.980. The molecule has 1 aromatic heterocycles. The van der Waals surface area contributed by atoms with Gasteiger partial charge in [0.1, 0.15) is 0 Å². The lowest BCUT2D eigenvalue weighted by Gasteiger charge is -2.08. The van der Waals surface area contributed by atoms with Crippen molar-refractivity contribution in [1.29, 1.82) is 0 Å². The molecule has 1 saturated carbocycles. The maximum atomic E-state index is 11.7. The van der Waals surface area contributed by atoms with Crippen molar-refractivity contribution in [3.63, 3.8) is 0 Å². The summed E-state index contributed by atoms with van der Waals surface area (Å²) in [5, 5.41) is 6.71. The van der Waals surface area contributed by atoms with Crippen LogP contribution in [0.5, 0.6) is 0 Å². The number of hydrogen-bond donors (Lipinski definition) is 2. The Morgan fingerprint density at radius 2 is 2.39 bits per heavy atom. The summed E-state index contributed by atoms with van der Waals surface area (Å²) in [7, 11) is 0. The zero-order valence-corrected chi connectivity index (χ0v) is 11.0. The highest BCUT2D eigenvalue weighted by Gasteiger charge is 2.21. The van der Waals surface area contributed by atoms with Crippen molar-refractivity contribution in [3.05, 3.63) is 10.6 Å². The average molecular weight is 267 g/mol. The molecule has 1 fully saturated rings. The van der Waals surface area contributed by atoms with Gasteiger partial charge >= 0.3 is 0 Å². The van der Waals surface area contributed by atoms with Crippen LogP contribution in [0.25, 0.3) is 0 Å². The van der Waals surface area contributed by atoms with Crippen LogP contribution in [0.2, 0.25) is 0 Å². The quantitative estimate of drug-likeness (QED) is 0.840. The fraction of sp³-hybridized carbons (Fsp3) is 0.667. The van der Waals surface area contributed by atoms with Gasteiger partial charge in [-0.3, -0.25) is 4.79 Å². The molecule has 1 aromatic rings. The third-order valence-corrected chi connectivity index (χ3v) is 4.14. The molecule has 2 N–H and O–H groups in total. The van der Waals surface area contributed by atoms with Gasteiger partial charge in [-0.25, -0.2) is 4.98 Å². The standard InChI is InChI=1S/C12H17N3O2S/c16-11(6-13-5-8-1-2-8)15-12-14-9-3-4-17-7-10(9)18-12/h8,13H,1-7H2,(H,14,15,16). The van der Waals surface area contributed by atoms with Crippen LogP contribution in [-0.2, 0) is 22.6 Å². The topological polar surface area (TPSA) is 63.2 Å². The first-order valence-electron chi connectivity index (χ1n) is 6.38. The molecule has 6 heteroatoms. The summed E-state index contributed by atoms with van der Waals surface area (Å²) < 4.78 is 5.36. The number of anilines is 1. The lowest BCUT2D eigenvalue weighted by atomic mass is 10.2. The number of aromatic nitrogens is 1. The second kappa shape index (κ2) is 5.34. The molecule has 5 nitrogen and oxygen atoms in total. The van der Waals surface area contributed by atoms with Crippen molar-refractivity contribution in [2.45, 2.75) is 25.9 Å². The molecular weight excluding hydrogens is 250 g/mol. The number of amides is 1. The van der Waals surface area contributed by atoms with Crippen LogP contribution in [0, 0.1) is 5.92 Å². The van der Waals surface area contributed by atoms with Gasteiger partial charge in [0, 0.05) is 6.42 Å². The Morgan fingerprint density at radius 1 is 1.50 bits per heavy atom. The Morgan fingerprint density at radius 3 is 3.17 bits per heavy atom. The Labute approximate surface area is 110 Å². The minimum absolute atomic E-state index is 0.0114. The average Bonchev–Trinajstić information content (AvgIpc) is 3.08. The van der Waals surface area contributed by atoms with E-state index >= 15 is 0 Å². The maximum absolute atomic E-state index is 11.7. The van der Waals surface area contributed by atoms with E-state index in [2.05, 4.69) is 15.6 Å². The van der Waals surface area contributed by atoms with Gasteiger partial charge in [-0.05, 0) is 25.3 Å². The SMILES string of the molecule is O=C(CNCC1CC1)Nc1nc2c(s1)COCC2. The maximum Gasteiger partial charge on any atom is 0.240 e. The minimum atomic E-state index is -0.0114. The molecule has 1 aliphatic heterocycles. The van der Waals surface area contributed by atoms with Crippen molar-refractivity contribution in [1.82, 2.24) is 10.3 Å². The molecule has 1 aliphatic carbocycles. The van der Waals surface area contributed by atoms with Crippen molar-refractivity contribution in [3.8, 4) is 0 Å². The van der Waals surface area contributed by atoms with E-state index in [9.17, 15) is 4.79 Å². The summed E-state index contributed by atoms with van der Waals surface area (Å²) in [5.41, 5.74) is 1.08. The van der Waals surface area contributed by atoms with Gasteiger partial charge in [0.15, 0.2) is 5.13 Å². The van der Waals surface area contributed by atoms with Crippen LogP contribution < -0.4 is 10.6 Å². The molecule has 0 spiro atoms. The second-order valence-corrected chi connectivity index (χ2v) is 5.90.